The zero-order valence-corrected chi connectivity index (χ0v) is 13.4. The summed E-state index contributed by atoms with van der Waals surface area (Å²) in [5, 5.41) is 2.68. The molecule has 0 radical (unpaired) electrons. The Kier molecular flexibility index (Phi) is 5.01. The second-order valence-corrected chi connectivity index (χ2v) is 5.43. The van der Waals surface area contributed by atoms with E-state index in [1.807, 2.05) is 32.0 Å². The highest BCUT2D eigenvalue weighted by molar-refractivity contribution is 6.03. The lowest BCUT2D eigenvalue weighted by molar-refractivity contribution is -0.122. The molecule has 0 heterocycles. The highest BCUT2D eigenvalue weighted by atomic mass is 16.5. The minimum Gasteiger partial charge on any atom is -0.481 e. The van der Waals surface area contributed by atoms with Gasteiger partial charge in [0.1, 0.15) is 5.75 Å². The molecule has 0 aliphatic heterocycles. The standard InChI is InChI=1S/C18H20N2O3/c1-11-8-9-12(2)16(10-11)23-13(3)18(22)20-15-7-5-4-6-14(15)17(19)21/h4-10,13H,1-3H3,(H2,19,21)(H,20,22). The fraction of sp³-hybridized carbons (Fsp3) is 0.222. The molecule has 5 heteroatoms. The summed E-state index contributed by atoms with van der Waals surface area (Å²) in [7, 11) is 0. The molecule has 2 amide bonds. The average Bonchev–Trinajstić information content (AvgIpc) is 2.51. The van der Waals surface area contributed by atoms with Gasteiger partial charge in [0.15, 0.2) is 6.10 Å². The van der Waals surface area contributed by atoms with Gasteiger partial charge in [-0.15, -0.1) is 0 Å². The molecule has 0 saturated heterocycles. The van der Waals surface area contributed by atoms with Gasteiger partial charge < -0.3 is 15.8 Å². The number of amides is 2. The number of hydrogen-bond donors (Lipinski definition) is 2. The molecule has 5 nitrogen and oxygen atoms in total. The van der Waals surface area contributed by atoms with E-state index in [4.69, 9.17) is 10.5 Å². The van der Waals surface area contributed by atoms with E-state index in [-0.39, 0.29) is 11.5 Å². The minimum atomic E-state index is -0.712. The molecule has 0 bridgehead atoms. The van der Waals surface area contributed by atoms with Crippen LogP contribution in [0.3, 0.4) is 0 Å². The molecule has 2 aromatic rings. The van der Waals surface area contributed by atoms with Crippen LogP contribution >= 0.6 is 0 Å². The number of benzene rings is 2. The number of primary amides is 1. The lowest BCUT2D eigenvalue weighted by Gasteiger charge is -2.17. The van der Waals surface area contributed by atoms with E-state index < -0.39 is 12.0 Å². The number of carbonyl (C=O) groups is 2. The average molecular weight is 312 g/mol. The van der Waals surface area contributed by atoms with Crippen LogP contribution in [0.1, 0.15) is 28.4 Å². The molecule has 0 fully saturated rings. The highest BCUT2D eigenvalue weighted by Gasteiger charge is 2.18. The van der Waals surface area contributed by atoms with Crippen LogP contribution in [0.25, 0.3) is 0 Å². The molecule has 0 aliphatic carbocycles. The van der Waals surface area contributed by atoms with Gasteiger partial charge in [-0.25, -0.2) is 0 Å². The van der Waals surface area contributed by atoms with Gasteiger partial charge in [0.25, 0.3) is 11.8 Å². The summed E-state index contributed by atoms with van der Waals surface area (Å²) < 4.78 is 5.73. The molecule has 0 aliphatic rings. The zero-order chi connectivity index (χ0) is 17.0. The van der Waals surface area contributed by atoms with Crippen LogP contribution in [0, 0.1) is 13.8 Å². The first-order valence-corrected chi connectivity index (χ1v) is 7.32. The maximum Gasteiger partial charge on any atom is 0.265 e. The first-order valence-electron chi connectivity index (χ1n) is 7.32. The Morgan fingerprint density at radius 2 is 1.83 bits per heavy atom. The topological polar surface area (TPSA) is 81.4 Å². The smallest absolute Gasteiger partial charge is 0.265 e. The quantitative estimate of drug-likeness (QED) is 0.890. The molecule has 1 unspecified atom stereocenters. The van der Waals surface area contributed by atoms with Crippen LogP contribution in [-0.4, -0.2) is 17.9 Å². The van der Waals surface area contributed by atoms with Crippen LogP contribution in [0.4, 0.5) is 5.69 Å². The highest BCUT2D eigenvalue weighted by Crippen LogP contribution is 2.21. The maximum absolute atomic E-state index is 12.3. The van der Waals surface area contributed by atoms with Crippen molar-refractivity contribution < 1.29 is 14.3 Å². The lowest BCUT2D eigenvalue weighted by atomic mass is 10.1. The number of carbonyl (C=O) groups excluding carboxylic acids is 2. The SMILES string of the molecule is Cc1ccc(C)c(OC(C)C(=O)Nc2ccccc2C(N)=O)c1. The molecule has 0 spiro atoms. The number of nitrogens with two attached hydrogens (primary N) is 1. The van der Waals surface area contributed by atoms with E-state index in [0.29, 0.717) is 11.4 Å². The second-order valence-electron chi connectivity index (χ2n) is 5.43. The Balaban J connectivity index is 2.12. The predicted molar refractivity (Wildman–Crippen MR) is 89.6 cm³/mol. The molecule has 3 N–H and O–H groups in total. The molecule has 1 atom stereocenters. The van der Waals surface area contributed by atoms with Crippen LogP contribution in [0.15, 0.2) is 42.5 Å². The number of ether oxygens (including phenoxy) is 1. The van der Waals surface area contributed by atoms with Crippen molar-refractivity contribution in [3.63, 3.8) is 0 Å². The number of rotatable bonds is 5. The third-order valence-corrected chi connectivity index (χ3v) is 3.47. The van der Waals surface area contributed by atoms with Crippen molar-refractivity contribution in [2.75, 3.05) is 5.32 Å². The summed E-state index contributed by atoms with van der Waals surface area (Å²) in [6.45, 7) is 5.53. The van der Waals surface area contributed by atoms with Gasteiger partial charge in [-0.3, -0.25) is 9.59 Å². The molecular formula is C18H20N2O3. The normalized spacial score (nSPS) is 11.6. The Hall–Kier alpha value is -2.82. The Labute approximate surface area is 135 Å². The first-order chi connectivity index (χ1) is 10.9. The molecule has 2 aromatic carbocycles. The summed E-state index contributed by atoms with van der Waals surface area (Å²) >= 11 is 0. The zero-order valence-electron chi connectivity index (χ0n) is 13.4. The molecule has 0 aromatic heterocycles. The van der Waals surface area contributed by atoms with Gasteiger partial charge >= 0.3 is 0 Å². The van der Waals surface area contributed by atoms with E-state index >= 15 is 0 Å². The van der Waals surface area contributed by atoms with E-state index in [1.54, 1.807) is 31.2 Å². The van der Waals surface area contributed by atoms with Crippen LogP contribution in [0.5, 0.6) is 5.75 Å². The van der Waals surface area contributed by atoms with Crippen molar-refractivity contribution in [2.45, 2.75) is 26.9 Å². The number of para-hydroxylation sites is 1. The monoisotopic (exact) mass is 312 g/mol. The van der Waals surface area contributed by atoms with Crippen LogP contribution in [0.2, 0.25) is 0 Å². The van der Waals surface area contributed by atoms with Crippen molar-refractivity contribution in [3.05, 3.63) is 59.2 Å². The van der Waals surface area contributed by atoms with E-state index in [0.717, 1.165) is 11.1 Å². The van der Waals surface area contributed by atoms with Crippen molar-refractivity contribution in [1.29, 1.82) is 0 Å². The third-order valence-electron chi connectivity index (χ3n) is 3.47. The summed E-state index contributed by atoms with van der Waals surface area (Å²) in [5.41, 5.74) is 7.95. The van der Waals surface area contributed by atoms with Gasteiger partial charge in [-0.05, 0) is 50.1 Å². The van der Waals surface area contributed by atoms with Gasteiger partial charge in [0.2, 0.25) is 0 Å². The minimum absolute atomic E-state index is 0.264. The molecule has 2 rings (SSSR count). The number of anilines is 1. The Morgan fingerprint density at radius 1 is 1.13 bits per heavy atom. The van der Waals surface area contributed by atoms with E-state index in [9.17, 15) is 9.59 Å². The predicted octanol–water partition coefficient (Wildman–Crippen LogP) is 2.81. The number of aryl methyl sites for hydroxylation is 2. The van der Waals surface area contributed by atoms with E-state index in [2.05, 4.69) is 5.32 Å². The molecule has 0 saturated carbocycles. The fourth-order valence-corrected chi connectivity index (χ4v) is 2.12. The maximum atomic E-state index is 12.3. The summed E-state index contributed by atoms with van der Waals surface area (Å²) in [6, 6.07) is 12.4. The lowest BCUT2D eigenvalue weighted by Crippen LogP contribution is -2.31. The largest absolute Gasteiger partial charge is 0.481 e. The molecule has 120 valence electrons. The van der Waals surface area contributed by atoms with E-state index in [1.165, 1.54) is 0 Å². The number of nitrogens with one attached hydrogen (secondary N) is 1. The fourth-order valence-electron chi connectivity index (χ4n) is 2.12. The second kappa shape index (κ2) is 6.96. The third kappa shape index (κ3) is 4.10. The number of hydrogen-bond acceptors (Lipinski definition) is 3. The van der Waals surface area contributed by atoms with Crippen LogP contribution in [-0.2, 0) is 4.79 Å². The molecular weight excluding hydrogens is 292 g/mol. The summed E-state index contributed by atoms with van der Waals surface area (Å²) in [6.07, 6.45) is -0.712. The van der Waals surface area contributed by atoms with Crippen molar-refractivity contribution >= 4 is 17.5 Å². The molecule has 23 heavy (non-hydrogen) atoms. The van der Waals surface area contributed by atoms with Crippen LogP contribution < -0.4 is 15.8 Å². The Bertz CT molecular complexity index is 741. The van der Waals surface area contributed by atoms with Gasteiger partial charge in [-0.1, -0.05) is 24.3 Å². The summed E-state index contributed by atoms with van der Waals surface area (Å²) in [5.74, 6) is -0.278. The Morgan fingerprint density at radius 3 is 2.52 bits per heavy atom. The summed E-state index contributed by atoms with van der Waals surface area (Å²) in [4.78, 5) is 23.7. The van der Waals surface area contributed by atoms with Gasteiger partial charge in [0, 0.05) is 0 Å². The van der Waals surface area contributed by atoms with Crippen molar-refractivity contribution in [1.82, 2.24) is 0 Å². The first kappa shape index (κ1) is 16.5. The van der Waals surface area contributed by atoms with Crippen molar-refractivity contribution in [2.24, 2.45) is 5.73 Å². The van der Waals surface area contributed by atoms with Crippen molar-refractivity contribution in [3.8, 4) is 5.75 Å². The van der Waals surface area contributed by atoms with Gasteiger partial charge in [-0.2, -0.15) is 0 Å². The van der Waals surface area contributed by atoms with Gasteiger partial charge in [0.05, 0.1) is 11.3 Å².